The molecule has 0 amide bonds. The second kappa shape index (κ2) is 14.9. The number of nitrogens with zero attached hydrogens (tertiary/aromatic N) is 3. The Morgan fingerprint density at radius 3 is 1.22 bits per heavy atom. The van der Waals surface area contributed by atoms with Gasteiger partial charge in [0, 0.05) is 26.8 Å². The lowest BCUT2D eigenvalue weighted by atomic mass is 9.93. The van der Waals surface area contributed by atoms with E-state index in [-0.39, 0.29) is 7.43 Å². The van der Waals surface area contributed by atoms with Gasteiger partial charge in [0.2, 0.25) is 11.4 Å². The number of rotatable bonds is 1. The summed E-state index contributed by atoms with van der Waals surface area (Å²) in [7, 11) is 0. The molecule has 8 aromatic carbocycles. The summed E-state index contributed by atoms with van der Waals surface area (Å²) in [5, 5.41) is 21.3. The number of benzene rings is 8. The molecule has 294 valence electrons. The summed E-state index contributed by atoms with van der Waals surface area (Å²) in [5.74, 6) is 0. The van der Waals surface area contributed by atoms with Crippen LogP contribution in [0.4, 0.5) is 5.69 Å². The van der Waals surface area contributed by atoms with E-state index in [4.69, 9.17) is 14.6 Å². The van der Waals surface area contributed by atoms with Crippen molar-refractivity contribution in [2.75, 3.05) is 5.73 Å². The number of aromatic nitrogens is 2. The zero-order chi connectivity index (χ0) is 40.4. The Bertz CT molecular complexity index is 3410. The number of furan rings is 2. The van der Waals surface area contributed by atoms with Crippen molar-refractivity contribution in [3.8, 4) is 0 Å². The molecule has 0 aliphatic heterocycles. The first-order valence-corrected chi connectivity index (χ1v) is 20.0. The van der Waals surface area contributed by atoms with Crippen molar-refractivity contribution in [2.24, 2.45) is 5.34 Å². The first-order chi connectivity index (χ1) is 28.6. The molecule has 0 aliphatic carbocycles. The fourth-order valence-corrected chi connectivity index (χ4v) is 8.55. The average Bonchev–Trinajstić information content (AvgIpc) is 3.79. The second-order valence-corrected chi connectivity index (χ2v) is 16.5. The third-order valence-electron chi connectivity index (χ3n) is 10.7. The maximum atomic E-state index is 9.35. The highest BCUT2D eigenvalue weighted by molar-refractivity contribution is 9.10. The largest absolute Gasteiger partial charge is 0.438 e. The van der Waals surface area contributed by atoms with Crippen molar-refractivity contribution >= 4 is 130 Å². The summed E-state index contributed by atoms with van der Waals surface area (Å²) >= 11 is 3.52. The van der Waals surface area contributed by atoms with E-state index in [2.05, 4.69) is 163 Å². The average molecular weight is 852 g/mol. The lowest BCUT2D eigenvalue weighted by Gasteiger charge is -2.11. The number of nitrogens with two attached hydrogens (primary N) is 1. The molecule has 60 heavy (non-hydrogen) atoms. The molecule has 0 atom stereocenters. The Morgan fingerprint density at radius 1 is 0.500 bits per heavy atom. The number of anilines is 1. The summed E-state index contributed by atoms with van der Waals surface area (Å²) in [6, 6.07) is 47.0. The van der Waals surface area contributed by atoms with Crippen molar-refractivity contribution in [3.63, 3.8) is 0 Å². The van der Waals surface area contributed by atoms with Gasteiger partial charge in [-0.05, 0) is 138 Å². The Morgan fingerprint density at radius 2 is 0.850 bits per heavy atom. The summed E-state index contributed by atoms with van der Waals surface area (Å²) < 4.78 is 13.0. The first kappa shape index (κ1) is 38.4. The summed E-state index contributed by atoms with van der Waals surface area (Å²) in [4.78, 5) is 22.4. The fraction of sp³-hybridized carbons (Fsp3) is 0.0980. The Kier molecular flexibility index (Phi) is 9.56. The molecule has 12 rings (SSSR count). The van der Waals surface area contributed by atoms with Gasteiger partial charge in [-0.3, -0.25) is 0 Å². The van der Waals surface area contributed by atoms with Crippen molar-refractivity contribution in [1.29, 1.82) is 0 Å². The van der Waals surface area contributed by atoms with Gasteiger partial charge in [-0.25, -0.2) is 9.97 Å². The quantitative estimate of drug-likeness (QED) is 0.0993. The topological polar surface area (TPSA) is 117 Å². The van der Waals surface area contributed by atoms with Crippen molar-refractivity contribution in [1.82, 2.24) is 9.97 Å². The minimum Gasteiger partial charge on any atom is -0.438 e. The number of pyridine rings is 2. The Balaban J connectivity index is 0.000000132. The standard InChI is InChI=1S/C23H12BrNO.C23H14N2O.C4H9NO2.CH4/c2*24-13-9-21-20-10-18-16-7-3-1-5-14(16)15-6-2-4-8-17(15)19(18)11-22(20)26-23(21)25-12-13;1-4(2,3)7-5-6;/h1-12H;1-12H,24H2;1-3H3;1H4. The van der Waals surface area contributed by atoms with Crippen LogP contribution in [-0.2, 0) is 4.84 Å². The molecule has 4 heterocycles. The predicted octanol–water partition coefficient (Wildman–Crippen LogP) is 15.3. The van der Waals surface area contributed by atoms with E-state index in [1.165, 1.54) is 64.6 Å². The molecule has 0 unspecified atom stereocenters. The van der Waals surface area contributed by atoms with E-state index in [9.17, 15) is 4.91 Å². The normalized spacial score (nSPS) is 11.7. The number of nitrogen functional groups attached to an aromatic ring is 1. The van der Waals surface area contributed by atoms with Gasteiger partial charge < -0.3 is 19.4 Å². The molecule has 4 aromatic heterocycles. The highest BCUT2D eigenvalue weighted by Crippen LogP contribution is 2.41. The lowest BCUT2D eigenvalue weighted by Crippen LogP contribution is -2.14. The van der Waals surface area contributed by atoms with E-state index in [0.29, 0.717) is 17.1 Å². The summed E-state index contributed by atoms with van der Waals surface area (Å²) in [6.07, 6.45) is 3.41. The van der Waals surface area contributed by atoms with Gasteiger partial charge in [-0.15, -0.1) is 4.91 Å². The molecular formula is C51H39BrN4O4. The van der Waals surface area contributed by atoms with Gasteiger partial charge >= 0.3 is 0 Å². The molecule has 0 saturated heterocycles. The van der Waals surface area contributed by atoms with E-state index in [0.717, 1.165) is 37.2 Å². The highest BCUT2D eigenvalue weighted by atomic mass is 79.9. The van der Waals surface area contributed by atoms with Gasteiger partial charge in [-0.2, -0.15) is 0 Å². The molecule has 12 aromatic rings. The van der Waals surface area contributed by atoms with Crippen LogP contribution in [0, 0.1) is 4.91 Å². The maximum absolute atomic E-state index is 9.35. The number of fused-ring (bicyclic) bond motifs is 18. The molecule has 0 saturated carbocycles. The predicted molar refractivity (Wildman–Crippen MR) is 254 cm³/mol. The molecule has 9 heteroatoms. The van der Waals surface area contributed by atoms with Crippen LogP contribution in [0.25, 0.3) is 109 Å². The molecule has 8 nitrogen and oxygen atoms in total. The van der Waals surface area contributed by atoms with Crippen LogP contribution in [0.2, 0.25) is 0 Å². The van der Waals surface area contributed by atoms with Crippen LogP contribution >= 0.6 is 15.9 Å². The van der Waals surface area contributed by atoms with Gasteiger partial charge in [0.15, 0.2) is 5.34 Å². The molecule has 0 fully saturated rings. The third kappa shape index (κ3) is 6.57. The highest BCUT2D eigenvalue weighted by Gasteiger charge is 2.16. The minimum atomic E-state index is -0.429. The van der Waals surface area contributed by atoms with Crippen molar-refractivity contribution in [2.45, 2.75) is 33.8 Å². The SMILES string of the molecule is Brc1cnc2oc3cc4c5ccccc5c5ccccc5c4cc3c2c1.C.CC(C)(C)ON=O.Nc1cnc2oc3cc4c5ccccc5c5ccccc5c4cc3c2c1. The molecule has 0 aliphatic rings. The Labute approximate surface area is 352 Å². The van der Waals surface area contributed by atoms with Crippen molar-refractivity contribution < 1.29 is 13.7 Å². The second-order valence-electron chi connectivity index (χ2n) is 15.6. The third-order valence-corrected chi connectivity index (χ3v) is 11.1. The van der Waals surface area contributed by atoms with Crippen LogP contribution in [0.5, 0.6) is 0 Å². The van der Waals surface area contributed by atoms with E-state index >= 15 is 0 Å². The van der Waals surface area contributed by atoms with Gasteiger partial charge in [-0.1, -0.05) is 104 Å². The number of hydrogen-bond donors (Lipinski definition) is 1. The van der Waals surface area contributed by atoms with Crippen LogP contribution in [-0.4, -0.2) is 15.6 Å². The smallest absolute Gasteiger partial charge is 0.227 e. The van der Waals surface area contributed by atoms with Crippen molar-refractivity contribution in [3.05, 3.63) is 155 Å². The van der Waals surface area contributed by atoms with Gasteiger partial charge in [0.05, 0.1) is 17.3 Å². The molecular weight excluding hydrogens is 812 g/mol. The van der Waals surface area contributed by atoms with Crippen LogP contribution in [0.3, 0.4) is 0 Å². The zero-order valence-electron chi connectivity index (χ0n) is 32.3. The molecule has 0 radical (unpaired) electrons. The molecule has 0 spiro atoms. The van der Waals surface area contributed by atoms with Crippen LogP contribution in [0.15, 0.2) is 165 Å². The maximum Gasteiger partial charge on any atom is 0.227 e. The molecule has 2 N–H and O–H groups in total. The first-order valence-electron chi connectivity index (χ1n) is 19.2. The van der Waals surface area contributed by atoms with E-state index in [1.807, 2.05) is 6.07 Å². The van der Waals surface area contributed by atoms with E-state index < -0.39 is 5.60 Å². The lowest BCUT2D eigenvalue weighted by molar-refractivity contribution is -0.00230. The van der Waals surface area contributed by atoms with Gasteiger partial charge in [0.1, 0.15) is 16.8 Å². The van der Waals surface area contributed by atoms with Crippen LogP contribution < -0.4 is 5.73 Å². The summed E-state index contributed by atoms with van der Waals surface area (Å²) in [5.41, 5.74) is 9.17. The van der Waals surface area contributed by atoms with Crippen LogP contribution in [0.1, 0.15) is 28.2 Å². The zero-order valence-corrected chi connectivity index (χ0v) is 33.9. The minimum absolute atomic E-state index is 0. The number of halogens is 1. The van der Waals surface area contributed by atoms with Gasteiger partial charge in [0.25, 0.3) is 0 Å². The molecule has 0 bridgehead atoms. The van der Waals surface area contributed by atoms with E-state index in [1.54, 1.807) is 33.2 Å². The fourth-order valence-electron chi connectivity index (χ4n) is 8.22. The summed E-state index contributed by atoms with van der Waals surface area (Å²) in [6.45, 7) is 5.28. The Hall–Kier alpha value is -7.10. The number of hydrogen-bond acceptors (Lipinski definition) is 8. The monoisotopic (exact) mass is 850 g/mol.